The Balaban J connectivity index is 0.00000968. The second-order valence-electron chi connectivity index (χ2n) is 12.4. The summed E-state index contributed by atoms with van der Waals surface area (Å²) in [5.41, 5.74) is 0.502. The van der Waals surface area contributed by atoms with E-state index in [9.17, 15) is 14.4 Å². The Morgan fingerprint density at radius 1 is 0.795 bits per heavy atom. The topological polar surface area (TPSA) is 88.8 Å². The molecular formula is C35H60IN3O5. The summed E-state index contributed by atoms with van der Waals surface area (Å²) in [5.74, 6) is -0.369. The van der Waals surface area contributed by atoms with Crippen molar-refractivity contribution in [2.75, 3.05) is 19.8 Å². The van der Waals surface area contributed by atoms with E-state index in [4.69, 9.17) is 9.47 Å². The summed E-state index contributed by atoms with van der Waals surface area (Å²) >= 11 is 0. The number of aryl methyl sites for hydroxylation is 1. The lowest BCUT2D eigenvalue weighted by molar-refractivity contribution is -0.701. The summed E-state index contributed by atoms with van der Waals surface area (Å²) < 4.78 is 12.9. The molecular weight excluding hydrogens is 669 g/mol. The number of hydrogen-bond donors (Lipinski definition) is 1. The first-order valence-electron chi connectivity index (χ1n) is 17.2. The van der Waals surface area contributed by atoms with Gasteiger partial charge in [-0.15, -0.1) is 0 Å². The van der Waals surface area contributed by atoms with Gasteiger partial charge in [0.05, 0.1) is 0 Å². The van der Waals surface area contributed by atoms with Crippen molar-refractivity contribution in [3.05, 3.63) is 30.1 Å². The Hall–Kier alpha value is -1.91. The fourth-order valence-corrected chi connectivity index (χ4v) is 5.36. The van der Waals surface area contributed by atoms with Crippen LogP contribution < -0.4 is 33.9 Å². The highest BCUT2D eigenvalue weighted by molar-refractivity contribution is 5.90. The number of alkyl carbamates (subject to hydrolysis) is 1. The molecule has 3 amide bonds. The number of nitrogens with zero attached hydrogens (tertiary/aromatic N) is 2. The number of carbonyl (C=O) groups is 3. The molecule has 0 radical (unpaired) electrons. The van der Waals surface area contributed by atoms with Gasteiger partial charge < -0.3 is 38.8 Å². The molecule has 0 saturated heterocycles. The molecule has 2 rings (SSSR count). The van der Waals surface area contributed by atoms with Crippen molar-refractivity contribution in [2.24, 2.45) is 5.41 Å². The lowest BCUT2D eigenvalue weighted by Crippen LogP contribution is -3.00. The van der Waals surface area contributed by atoms with Gasteiger partial charge in [-0.2, -0.15) is 0 Å². The predicted octanol–water partition coefficient (Wildman–Crippen LogP) is 5.25. The molecule has 44 heavy (non-hydrogen) atoms. The molecule has 1 N–H and O–H groups in total. The van der Waals surface area contributed by atoms with Gasteiger partial charge in [0.25, 0.3) is 0 Å². The lowest BCUT2D eigenvalue weighted by atomic mass is 10.0. The molecule has 0 unspecified atom stereocenters. The van der Waals surface area contributed by atoms with Crippen molar-refractivity contribution in [3.63, 3.8) is 0 Å². The third-order valence-corrected chi connectivity index (χ3v) is 8.56. The van der Waals surface area contributed by atoms with E-state index in [0.29, 0.717) is 6.54 Å². The summed E-state index contributed by atoms with van der Waals surface area (Å²) in [7, 11) is 0. The van der Waals surface area contributed by atoms with Crippen LogP contribution in [0.4, 0.5) is 9.59 Å². The van der Waals surface area contributed by atoms with Crippen LogP contribution in [0.1, 0.15) is 142 Å². The van der Waals surface area contributed by atoms with Crippen LogP contribution in [0, 0.1) is 5.41 Å². The number of imide groups is 1. The number of carbonyl (C=O) groups excluding carboxylic acids is 3. The predicted molar refractivity (Wildman–Crippen MR) is 170 cm³/mol. The van der Waals surface area contributed by atoms with Crippen LogP contribution in [0.15, 0.2) is 24.4 Å². The maximum Gasteiger partial charge on any atom is 0.417 e. The molecule has 0 spiro atoms. The first-order valence-corrected chi connectivity index (χ1v) is 17.2. The van der Waals surface area contributed by atoms with E-state index in [0.717, 1.165) is 42.8 Å². The molecule has 0 atom stereocenters. The second-order valence-corrected chi connectivity index (χ2v) is 12.4. The number of hydrogen-bond acceptors (Lipinski definition) is 5. The van der Waals surface area contributed by atoms with E-state index in [1.165, 1.54) is 96.8 Å². The van der Waals surface area contributed by atoms with Crippen molar-refractivity contribution in [3.8, 4) is 0 Å². The largest absolute Gasteiger partial charge is 1.00 e. The van der Waals surface area contributed by atoms with Crippen LogP contribution in [0.2, 0.25) is 0 Å². The third kappa shape index (κ3) is 17.5. The Labute approximate surface area is 284 Å². The zero-order valence-corrected chi connectivity index (χ0v) is 30.0. The fourth-order valence-electron chi connectivity index (χ4n) is 5.36. The summed E-state index contributed by atoms with van der Waals surface area (Å²) in [4.78, 5) is 38.2. The Morgan fingerprint density at radius 3 is 1.82 bits per heavy atom. The quantitative estimate of drug-likeness (QED) is 0.0893. The van der Waals surface area contributed by atoms with Gasteiger partial charge in [-0.25, -0.2) is 19.1 Å². The molecule has 1 aromatic rings. The fraction of sp³-hybridized carbons (Fsp3) is 0.771. The second kappa shape index (κ2) is 24.3. The zero-order chi connectivity index (χ0) is 31.2. The number of aromatic nitrogens is 1. The smallest absolute Gasteiger partial charge is 0.417 e. The average molecular weight is 730 g/mol. The van der Waals surface area contributed by atoms with E-state index < -0.39 is 12.2 Å². The third-order valence-electron chi connectivity index (χ3n) is 8.56. The molecule has 1 heterocycles. The van der Waals surface area contributed by atoms with E-state index >= 15 is 0 Å². The van der Waals surface area contributed by atoms with Gasteiger partial charge in [-0.1, -0.05) is 109 Å². The number of unbranched alkanes of at least 4 members (excludes halogenated alkanes) is 15. The maximum atomic E-state index is 12.7. The van der Waals surface area contributed by atoms with Gasteiger partial charge in [0.1, 0.15) is 26.3 Å². The minimum absolute atomic E-state index is 0. The Morgan fingerprint density at radius 2 is 1.32 bits per heavy atom. The molecule has 1 fully saturated rings. The van der Waals surface area contributed by atoms with Gasteiger partial charge in [-0.05, 0) is 26.2 Å². The minimum Gasteiger partial charge on any atom is -1.00 e. The number of pyridine rings is 1. The molecule has 0 bridgehead atoms. The molecule has 1 aliphatic carbocycles. The molecule has 9 heteroatoms. The molecule has 252 valence electrons. The van der Waals surface area contributed by atoms with Crippen molar-refractivity contribution < 1.29 is 52.4 Å². The molecule has 1 aliphatic rings. The Kier molecular flexibility index (Phi) is 22.2. The lowest BCUT2D eigenvalue weighted by Gasteiger charge is -2.21. The van der Waals surface area contributed by atoms with Gasteiger partial charge in [0, 0.05) is 31.0 Å². The molecule has 1 saturated carbocycles. The van der Waals surface area contributed by atoms with Crippen LogP contribution >= 0.6 is 0 Å². The average Bonchev–Trinajstić information content (AvgIpc) is 3.79. The van der Waals surface area contributed by atoms with E-state index in [2.05, 4.69) is 12.2 Å². The van der Waals surface area contributed by atoms with Crippen LogP contribution in [-0.2, 0) is 27.4 Å². The van der Waals surface area contributed by atoms with Gasteiger partial charge in [0.15, 0.2) is 6.20 Å². The van der Waals surface area contributed by atoms with Crippen LogP contribution in [0.5, 0.6) is 0 Å². The van der Waals surface area contributed by atoms with Crippen LogP contribution in [0.3, 0.4) is 0 Å². The molecule has 8 nitrogen and oxygen atoms in total. The normalized spacial score (nSPS) is 13.1. The number of amides is 3. The van der Waals surface area contributed by atoms with Crippen molar-refractivity contribution in [2.45, 2.75) is 149 Å². The van der Waals surface area contributed by atoms with Gasteiger partial charge in [-0.3, -0.25) is 4.79 Å². The zero-order valence-electron chi connectivity index (χ0n) is 27.9. The maximum absolute atomic E-state index is 12.7. The molecule has 1 aromatic heterocycles. The highest BCUT2D eigenvalue weighted by Gasteiger charge is 2.46. The highest BCUT2D eigenvalue weighted by atomic mass is 127. The van der Waals surface area contributed by atoms with Crippen molar-refractivity contribution >= 4 is 18.1 Å². The monoisotopic (exact) mass is 729 g/mol. The molecule has 0 aliphatic heterocycles. The SMILES string of the molecule is CCCCCCCCCCCCCCCCCCNC(=O)OCC1(COC(=O)N(Cc2cccc[n+]2CC)C(C)=O)CC1.[I-]. The van der Waals surface area contributed by atoms with Crippen molar-refractivity contribution in [1.82, 2.24) is 10.2 Å². The summed E-state index contributed by atoms with van der Waals surface area (Å²) in [5, 5.41) is 2.84. The summed E-state index contributed by atoms with van der Waals surface area (Å²) in [6.45, 7) is 7.48. The first-order chi connectivity index (χ1) is 20.9. The summed E-state index contributed by atoms with van der Waals surface area (Å²) in [6.07, 6.45) is 23.6. The van der Waals surface area contributed by atoms with E-state index in [1.807, 2.05) is 35.9 Å². The minimum atomic E-state index is -0.668. The standard InChI is InChI=1S/C35H59N3O5.HI/c1-4-6-7-8-9-10-11-12-13-14-15-16-17-18-19-21-26-36-33(40)42-29-35(24-25-35)30-43-34(41)38(31(3)39)28-32-23-20-22-27-37(32)5-2;/h20,22-23,27H,4-19,21,24-26,28-30H2,1-3H3;1H. The Bertz CT molecular complexity index is 941. The van der Waals surface area contributed by atoms with E-state index in [1.54, 1.807) is 0 Å². The van der Waals surface area contributed by atoms with Crippen LogP contribution in [0.25, 0.3) is 0 Å². The number of halogens is 1. The number of nitrogens with one attached hydrogen (secondary N) is 1. The number of rotatable bonds is 24. The van der Waals surface area contributed by atoms with Gasteiger partial charge in [0.2, 0.25) is 11.6 Å². The highest BCUT2D eigenvalue weighted by Crippen LogP contribution is 2.46. The van der Waals surface area contributed by atoms with Gasteiger partial charge >= 0.3 is 12.2 Å². The van der Waals surface area contributed by atoms with E-state index in [-0.39, 0.29) is 55.1 Å². The molecule has 0 aromatic carbocycles. The van der Waals surface area contributed by atoms with Crippen molar-refractivity contribution in [1.29, 1.82) is 0 Å². The van der Waals surface area contributed by atoms with Crippen LogP contribution in [-0.4, -0.2) is 42.8 Å². The number of ether oxygens (including phenoxy) is 2. The first kappa shape index (κ1) is 40.1. The summed E-state index contributed by atoms with van der Waals surface area (Å²) in [6, 6.07) is 5.69.